The zero-order chi connectivity index (χ0) is 13.0. The number of nitrogens with zero attached hydrogens (tertiary/aromatic N) is 1. The van der Waals surface area contributed by atoms with Gasteiger partial charge in [0.1, 0.15) is 0 Å². The van der Waals surface area contributed by atoms with E-state index >= 15 is 0 Å². The van der Waals surface area contributed by atoms with E-state index in [1.54, 1.807) is 24.3 Å². The fraction of sp³-hybridized carbons (Fsp3) is 0.462. The molecule has 4 nitrogen and oxygen atoms in total. The highest BCUT2D eigenvalue weighted by Crippen LogP contribution is 2.15. The molecule has 0 unspecified atom stereocenters. The number of rotatable bonds is 3. The predicted molar refractivity (Wildman–Crippen MR) is 71.8 cm³/mol. The number of likely N-dealkylation sites (tertiary alicyclic amines) is 1. The average Bonchev–Trinajstić information content (AvgIpc) is 2.28. The molecule has 1 atom stereocenters. The summed E-state index contributed by atoms with van der Waals surface area (Å²) in [5, 5.41) is 12.9. The Balaban J connectivity index is 1.85. The van der Waals surface area contributed by atoms with Gasteiger partial charge in [-0.05, 0) is 37.6 Å². The van der Waals surface area contributed by atoms with Gasteiger partial charge in [-0.3, -0.25) is 9.69 Å². The molecule has 2 N–H and O–H groups in total. The highest BCUT2D eigenvalue weighted by molar-refractivity contribution is 6.30. The van der Waals surface area contributed by atoms with E-state index in [2.05, 4.69) is 5.32 Å². The molecule has 2 rings (SSSR count). The van der Waals surface area contributed by atoms with Gasteiger partial charge in [-0.2, -0.15) is 0 Å². The first-order valence-corrected chi connectivity index (χ1v) is 6.47. The van der Waals surface area contributed by atoms with E-state index in [1.165, 1.54) is 0 Å². The molecular formula is C13H17ClN2O2. The van der Waals surface area contributed by atoms with Crippen molar-refractivity contribution >= 4 is 23.2 Å². The molecule has 1 aromatic carbocycles. The monoisotopic (exact) mass is 268 g/mol. The van der Waals surface area contributed by atoms with Crippen molar-refractivity contribution in [1.82, 2.24) is 4.90 Å². The maximum atomic E-state index is 11.8. The number of aliphatic hydroxyl groups excluding tert-OH is 1. The SMILES string of the molecule is O=C(CN1CCC[C@H](O)C1)Nc1cccc(Cl)c1. The molecule has 1 aromatic rings. The molecule has 18 heavy (non-hydrogen) atoms. The number of aliphatic hydroxyl groups is 1. The van der Waals surface area contributed by atoms with E-state index in [-0.39, 0.29) is 12.0 Å². The van der Waals surface area contributed by atoms with Crippen LogP contribution < -0.4 is 5.32 Å². The molecule has 1 aliphatic heterocycles. The fourth-order valence-corrected chi connectivity index (χ4v) is 2.33. The number of hydrogen-bond donors (Lipinski definition) is 2. The first-order chi connectivity index (χ1) is 8.63. The van der Waals surface area contributed by atoms with Crippen LogP contribution in [0, 0.1) is 0 Å². The lowest BCUT2D eigenvalue weighted by molar-refractivity contribution is -0.118. The Morgan fingerprint density at radius 1 is 1.56 bits per heavy atom. The van der Waals surface area contributed by atoms with Crippen LogP contribution in [-0.4, -0.2) is 41.7 Å². The summed E-state index contributed by atoms with van der Waals surface area (Å²) >= 11 is 5.84. The van der Waals surface area contributed by atoms with Crippen molar-refractivity contribution in [2.24, 2.45) is 0 Å². The summed E-state index contributed by atoms with van der Waals surface area (Å²) in [6.07, 6.45) is 1.45. The van der Waals surface area contributed by atoms with Crippen molar-refractivity contribution in [2.45, 2.75) is 18.9 Å². The number of halogens is 1. The molecule has 1 amide bonds. The van der Waals surface area contributed by atoms with E-state index in [9.17, 15) is 9.90 Å². The van der Waals surface area contributed by atoms with Gasteiger partial charge >= 0.3 is 0 Å². The maximum Gasteiger partial charge on any atom is 0.238 e. The Morgan fingerprint density at radius 3 is 3.11 bits per heavy atom. The van der Waals surface area contributed by atoms with Gasteiger partial charge in [-0.15, -0.1) is 0 Å². The third kappa shape index (κ3) is 3.98. The number of carbonyl (C=O) groups is 1. The normalized spacial score (nSPS) is 20.7. The molecule has 0 spiro atoms. The van der Waals surface area contributed by atoms with E-state index in [0.29, 0.717) is 23.8 Å². The molecule has 0 aromatic heterocycles. The van der Waals surface area contributed by atoms with Gasteiger partial charge in [0.25, 0.3) is 0 Å². The second-order valence-corrected chi connectivity index (χ2v) is 5.03. The summed E-state index contributed by atoms with van der Waals surface area (Å²) in [5.41, 5.74) is 0.699. The van der Waals surface area contributed by atoms with Crippen molar-refractivity contribution < 1.29 is 9.90 Å². The summed E-state index contributed by atoms with van der Waals surface area (Å²) in [7, 11) is 0. The van der Waals surface area contributed by atoms with E-state index in [1.807, 2.05) is 4.90 Å². The lowest BCUT2D eigenvalue weighted by Crippen LogP contribution is -2.42. The Bertz CT molecular complexity index is 425. The summed E-state index contributed by atoms with van der Waals surface area (Å²) in [4.78, 5) is 13.8. The topological polar surface area (TPSA) is 52.6 Å². The fourth-order valence-electron chi connectivity index (χ4n) is 2.14. The number of nitrogens with one attached hydrogen (secondary N) is 1. The summed E-state index contributed by atoms with van der Waals surface area (Å²) < 4.78 is 0. The molecule has 1 fully saturated rings. The van der Waals surface area contributed by atoms with Crippen LogP contribution in [0.4, 0.5) is 5.69 Å². The van der Waals surface area contributed by atoms with Crippen LogP contribution in [0.5, 0.6) is 0 Å². The van der Waals surface area contributed by atoms with Gasteiger partial charge in [-0.1, -0.05) is 17.7 Å². The van der Waals surface area contributed by atoms with Crippen LogP contribution in [0.1, 0.15) is 12.8 Å². The van der Waals surface area contributed by atoms with Gasteiger partial charge < -0.3 is 10.4 Å². The van der Waals surface area contributed by atoms with Crippen LogP contribution in [0.15, 0.2) is 24.3 Å². The first-order valence-electron chi connectivity index (χ1n) is 6.09. The van der Waals surface area contributed by atoms with Gasteiger partial charge in [0.15, 0.2) is 0 Å². The van der Waals surface area contributed by atoms with Crippen molar-refractivity contribution in [1.29, 1.82) is 0 Å². The van der Waals surface area contributed by atoms with Gasteiger partial charge in [0, 0.05) is 17.3 Å². The molecule has 0 aliphatic carbocycles. The zero-order valence-electron chi connectivity index (χ0n) is 10.1. The number of anilines is 1. The minimum Gasteiger partial charge on any atom is -0.392 e. The number of benzene rings is 1. The van der Waals surface area contributed by atoms with Crippen LogP contribution in [0.25, 0.3) is 0 Å². The Hall–Kier alpha value is -1.10. The minimum atomic E-state index is -0.308. The lowest BCUT2D eigenvalue weighted by Gasteiger charge is -2.29. The zero-order valence-corrected chi connectivity index (χ0v) is 10.9. The van der Waals surface area contributed by atoms with E-state index in [4.69, 9.17) is 11.6 Å². The highest BCUT2D eigenvalue weighted by atomic mass is 35.5. The molecular weight excluding hydrogens is 252 g/mol. The van der Waals surface area contributed by atoms with Crippen molar-refractivity contribution in [3.05, 3.63) is 29.3 Å². The van der Waals surface area contributed by atoms with Crippen molar-refractivity contribution in [3.63, 3.8) is 0 Å². The Kier molecular flexibility index (Phi) is 4.58. The number of carbonyl (C=O) groups excluding carboxylic acids is 1. The van der Waals surface area contributed by atoms with Crippen LogP contribution in [0.3, 0.4) is 0 Å². The van der Waals surface area contributed by atoms with Gasteiger partial charge in [-0.25, -0.2) is 0 Å². The molecule has 1 saturated heterocycles. The Morgan fingerprint density at radius 2 is 2.39 bits per heavy atom. The number of hydrogen-bond acceptors (Lipinski definition) is 3. The molecule has 1 heterocycles. The number of β-amino-alcohol motifs (C(OH)–C–C–N with tert-alkyl or cyclic N) is 1. The standard InChI is InChI=1S/C13H17ClN2O2/c14-10-3-1-4-11(7-10)15-13(18)9-16-6-2-5-12(17)8-16/h1,3-4,7,12,17H,2,5-6,8-9H2,(H,15,18)/t12-/m0/s1. The van der Waals surface area contributed by atoms with Crippen molar-refractivity contribution in [2.75, 3.05) is 25.0 Å². The van der Waals surface area contributed by atoms with Crippen LogP contribution in [0.2, 0.25) is 5.02 Å². The summed E-state index contributed by atoms with van der Waals surface area (Å²) in [5.74, 6) is -0.0774. The quantitative estimate of drug-likeness (QED) is 0.878. The van der Waals surface area contributed by atoms with Crippen LogP contribution in [-0.2, 0) is 4.79 Å². The molecule has 98 valence electrons. The second-order valence-electron chi connectivity index (χ2n) is 4.59. The number of amides is 1. The van der Waals surface area contributed by atoms with Crippen molar-refractivity contribution in [3.8, 4) is 0 Å². The third-order valence-corrected chi connectivity index (χ3v) is 3.19. The van der Waals surface area contributed by atoms with E-state index in [0.717, 1.165) is 19.4 Å². The second kappa shape index (κ2) is 6.18. The molecule has 0 bridgehead atoms. The number of piperidine rings is 1. The minimum absolute atomic E-state index is 0.0774. The third-order valence-electron chi connectivity index (χ3n) is 2.96. The molecule has 1 aliphatic rings. The lowest BCUT2D eigenvalue weighted by atomic mass is 10.1. The molecule has 5 heteroatoms. The maximum absolute atomic E-state index is 11.8. The molecule has 0 radical (unpaired) electrons. The predicted octanol–water partition coefficient (Wildman–Crippen LogP) is 1.74. The largest absolute Gasteiger partial charge is 0.392 e. The van der Waals surface area contributed by atoms with E-state index < -0.39 is 0 Å². The highest BCUT2D eigenvalue weighted by Gasteiger charge is 2.19. The summed E-state index contributed by atoms with van der Waals surface area (Å²) in [6.45, 7) is 1.74. The van der Waals surface area contributed by atoms with Gasteiger partial charge in [0.05, 0.1) is 12.6 Å². The van der Waals surface area contributed by atoms with Gasteiger partial charge in [0.2, 0.25) is 5.91 Å². The summed E-state index contributed by atoms with van der Waals surface area (Å²) in [6, 6.07) is 7.07. The smallest absolute Gasteiger partial charge is 0.238 e. The average molecular weight is 269 g/mol. The van der Waals surface area contributed by atoms with Crippen LogP contribution >= 0.6 is 11.6 Å². The Labute approximate surface area is 112 Å². The first kappa shape index (κ1) is 13.3. The molecule has 0 saturated carbocycles.